The van der Waals surface area contributed by atoms with Gasteiger partial charge in [-0.15, -0.1) is 0 Å². The van der Waals surface area contributed by atoms with Gasteiger partial charge in [-0.25, -0.2) is 0 Å². The summed E-state index contributed by atoms with van der Waals surface area (Å²) >= 11 is 0. The van der Waals surface area contributed by atoms with Crippen molar-refractivity contribution < 1.29 is 9.53 Å². The number of aryl methyl sites for hydroxylation is 1. The van der Waals surface area contributed by atoms with Crippen LogP contribution in [0.15, 0.2) is 18.2 Å². The summed E-state index contributed by atoms with van der Waals surface area (Å²) in [6.07, 6.45) is 0.716. The molecular formula is C15H24N2O2. The lowest BCUT2D eigenvalue weighted by Gasteiger charge is -2.22. The standard InChI is InChI=1S/C15H24N2O2/c1-11-5-6-14(19-4)13(9-11)10-17(3)15(18)12(2)7-8-16/h5-6,9,12H,7-8,10,16H2,1-4H3. The highest BCUT2D eigenvalue weighted by Gasteiger charge is 2.18. The zero-order chi connectivity index (χ0) is 14.4. The molecular weight excluding hydrogens is 240 g/mol. The molecule has 0 bridgehead atoms. The molecule has 0 spiro atoms. The van der Waals surface area contributed by atoms with Crippen LogP contribution in [-0.2, 0) is 11.3 Å². The number of rotatable bonds is 6. The van der Waals surface area contributed by atoms with Crippen molar-refractivity contribution in [3.8, 4) is 5.75 Å². The van der Waals surface area contributed by atoms with Gasteiger partial charge in [0.05, 0.1) is 7.11 Å². The van der Waals surface area contributed by atoms with Crippen molar-refractivity contribution in [1.82, 2.24) is 4.90 Å². The van der Waals surface area contributed by atoms with Gasteiger partial charge < -0.3 is 15.4 Å². The van der Waals surface area contributed by atoms with Gasteiger partial charge in [0, 0.05) is 25.1 Å². The van der Waals surface area contributed by atoms with Gasteiger partial charge in [0.1, 0.15) is 5.75 Å². The van der Waals surface area contributed by atoms with Gasteiger partial charge >= 0.3 is 0 Å². The van der Waals surface area contributed by atoms with Crippen LogP contribution in [0.2, 0.25) is 0 Å². The van der Waals surface area contributed by atoms with Gasteiger partial charge in [-0.1, -0.05) is 24.6 Å². The summed E-state index contributed by atoms with van der Waals surface area (Å²) in [5.74, 6) is 0.900. The quantitative estimate of drug-likeness (QED) is 0.854. The predicted octanol–water partition coefficient (Wildman–Crippen LogP) is 1.95. The van der Waals surface area contributed by atoms with Gasteiger partial charge in [-0.05, 0) is 26.0 Å². The van der Waals surface area contributed by atoms with E-state index in [0.717, 1.165) is 16.9 Å². The minimum atomic E-state index is -0.0363. The monoisotopic (exact) mass is 264 g/mol. The number of methoxy groups -OCH3 is 1. The first-order valence-corrected chi connectivity index (χ1v) is 6.58. The summed E-state index contributed by atoms with van der Waals surface area (Å²) in [6.45, 7) is 5.04. The fraction of sp³-hybridized carbons (Fsp3) is 0.533. The van der Waals surface area contributed by atoms with Crippen molar-refractivity contribution in [2.75, 3.05) is 20.7 Å². The molecule has 0 fully saturated rings. The Morgan fingerprint density at radius 2 is 2.16 bits per heavy atom. The molecule has 1 aromatic carbocycles. The minimum Gasteiger partial charge on any atom is -0.496 e. The zero-order valence-electron chi connectivity index (χ0n) is 12.3. The third kappa shape index (κ3) is 4.24. The van der Waals surface area contributed by atoms with Gasteiger partial charge in [0.25, 0.3) is 0 Å². The van der Waals surface area contributed by atoms with Crippen LogP contribution in [0.3, 0.4) is 0 Å². The van der Waals surface area contributed by atoms with Crippen LogP contribution < -0.4 is 10.5 Å². The van der Waals surface area contributed by atoms with Gasteiger partial charge in [0.2, 0.25) is 5.91 Å². The number of nitrogens with two attached hydrogens (primary N) is 1. The van der Waals surface area contributed by atoms with Crippen molar-refractivity contribution >= 4 is 5.91 Å². The van der Waals surface area contributed by atoms with E-state index in [1.54, 1.807) is 12.0 Å². The molecule has 0 heterocycles. The lowest BCUT2D eigenvalue weighted by molar-refractivity contribution is -0.134. The molecule has 0 aliphatic carbocycles. The molecule has 1 amide bonds. The van der Waals surface area contributed by atoms with Crippen molar-refractivity contribution in [2.45, 2.75) is 26.8 Å². The minimum absolute atomic E-state index is 0.0363. The van der Waals surface area contributed by atoms with E-state index in [1.807, 2.05) is 33.0 Å². The second-order valence-corrected chi connectivity index (χ2v) is 4.99. The first-order chi connectivity index (χ1) is 8.99. The molecule has 1 unspecified atom stereocenters. The third-order valence-electron chi connectivity index (χ3n) is 3.24. The van der Waals surface area contributed by atoms with Crippen LogP contribution >= 0.6 is 0 Å². The molecule has 106 valence electrons. The number of benzene rings is 1. The van der Waals surface area contributed by atoms with E-state index < -0.39 is 0 Å². The Morgan fingerprint density at radius 3 is 2.74 bits per heavy atom. The second-order valence-electron chi connectivity index (χ2n) is 4.99. The predicted molar refractivity (Wildman–Crippen MR) is 77.0 cm³/mol. The van der Waals surface area contributed by atoms with Crippen molar-refractivity contribution in [1.29, 1.82) is 0 Å². The number of nitrogens with zero attached hydrogens (tertiary/aromatic N) is 1. The lowest BCUT2D eigenvalue weighted by atomic mass is 10.1. The van der Waals surface area contributed by atoms with E-state index in [4.69, 9.17) is 10.5 Å². The van der Waals surface area contributed by atoms with Crippen LogP contribution in [-0.4, -0.2) is 31.5 Å². The maximum absolute atomic E-state index is 12.2. The maximum atomic E-state index is 12.2. The smallest absolute Gasteiger partial charge is 0.225 e. The molecule has 4 heteroatoms. The third-order valence-corrected chi connectivity index (χ3v) is 3.24. The topological polar surface area (TPSA) is 55.6 Å². The second kappa shape index (κ2) is 7.14. The average Bonchev–Trinajstić information content (AvgIpc) is 2.38. The summed E-state index contributed by atoms with van der Waals surface area (Å²) in [5, 5.41) is 0. The molecule has 1 aromatic rings. The molecule has 4 nitrogen and oxygen atoms in total. The Balaban J connectivity index is 2.78. The number of amides is 1. The van der Waals surface area contributed by atoms with E-state index in [1.165, 1.54) is 0 Å². The summed E-state index contributed by atoms with van der Waals surface area (Å²) < 4.78 is 5.33. The average molecular weight is 264 g/mol. The highest BCUT2D eigenvalue weighted by Crippen LogP contribution is 2.21. The normalized spacial score (nSPS) is 12.1. The molecule has 0 radical (unpaired) electrons. The largest absolute Gasteiger partial charge is 0.496 e. The molecule has 1 rings (SSSR count). The van der Waals surface area contributed by atoms with Gasteiger partial charge in [-0.2, -0.15) is 0 Å². The van der Waals surface area contributed by atoms with E-state index in [-0.39, 0.29) is 11.8 Å². The summed E-state index contributed by atoms with van der Waals surface area (Å²) in [5.41, 5.74) is 7.68. The van der Waals surface area contributed by atoms with E-state index >= 15 is 0 Å². The Kier molecular flexibility index (Phi) is 5.83. The molecule has 19 heavy (non-hydrogen) atoms. The van der Waals surface area contributed by atoms with Crippen molar-refractivity contribution in [3.63, 3.8) is 0 Å². The molecule has 2 N–H and O–H groups in total. The molecule has 0 aliphatic rings. The first kappa shape index (κ1) is 15.5. The fourth-order valence-corrected chi connectivity index (χ4v) is 2.11. The number of hydrogen-bond acceptors (Lipinski definition) is 3. The number of carbonyl (C=O) groups excluding carboxylic acids is 1. The van der Waals surface area contributed by atoms with Gasteiger partial charge in [0.15, 0.2) is 0 Å². The summed E-state index contributed by atoms with van der Waals surface area (Å²) in [4.78, 5) is 13.9. The van der Waals surface area contributed by atoms with Crippen molar-refractivity contribution in [3.05, 3.63) is 29.3 Å². The zero-order valence-corrected chi connectivity index (χ0v) is 12.3. The van der Waals surface area contributed by atoms with E-state index in [0.29, 0.717) is 19.5 Å². The highest BCUT2D eigenvalue weighted by atomic mass is 16.5. The van der Waals surface area contributed by atoms with Crippen molar-refractivity contribution in [2.24, 2.45) is 11.7 Å². The summed E-state index contributed by atoms with van der Waals surface area (Å²) in [7, 11) is 3.46. The highest BCUT2D eigenvalue weighted by molar-refractivity contribution is 5.78. The Bertz CT molecular complexity index is 432. The van der Waals surface area contributed by atoms with Crippen LogP contribution in [0, 0.1) is 12.8 Å². The number of carbonyl (C=O) groups is 1. The van der Waals surface area contributed by atoms with Crippen LogP contribution in [0.5, 0.6) is 5.75 Å². The van der Waals surface area contributed by atoms with E-state index in [2.05, 4.69) is 6.07 Å². The maximum Gasteiger partial charge on any atom is 0.225 e. The Hall–Kier alpha value is -1.55. The molecule has 0 aromatic heterocycles. The lowest BCUT2D eigenvalue weighted by Crippen LogP contribution is -2.32. The molecule has 0 aliphatic heterocycles. The van der Waals surface area contributed by atoms with E-state index in [9.17, 15) is 4.79 Å². The fourth-order valence-electron chi connectivity index (χ4n) is 2.11. The molecule has 1 atom stereocenters. The first-order valence-electron chi connectivity index (χ1n) is 6.58. The van der Waals surface area contributed by atoms with Crippen LogP contribution in [0.4, 0.5) is 0 Å². The Morgan fingerprint density at radius 1 is 1.47 bits per heavy atom. The number of ether oxygens (including phenoxy) is 1. The Labute approximate surface area is 115 Å². The number of hydrogen-bond donors (Lipinski definition) is 1. The SMILES string of the molecule is COc1ccc(C)cc1CN(C)C(=O)C(C)CCN. The van der Waals surface area contributed by atoms with Crippen LogP contribution in [0.25, 0.3) is 0 Å². The van der Waals surface area contributed by atoms with Gasteiger partial charge in [-0.3, -0.25) is 4.79 Å². The molecule has 0 saturated heterocycles. The molecule has 0 saturated carbocycles. The summed E-state index contributed by atoms with van der Waals surface area (Å²) in [6, 6.07) is 5.99. The van der Waals surface area contributed by atoms with Crippen LogP contribution in [0.1, 0.15) is 24.5 Å².